The molecular weight excluding hydrogens is 268 g/mol. The standard InChI is InChI=1S/C16H16N2O3/c1-10-7-8-15(19)13(9-10)16(20)17-14-6-4-3-5-12(14)11(2)18-21/h3-9,19,21H,1-2H3,(H,17,20)/b18-11+. The lowest BCUT2D eigenvalue weighted by atomic mass is 10.1. The van der Waals surface area contributed by atoms with Crippen LogP contribution < -0.4 is 5.32 Å². The lowest BCUT2D eigenvalue weighted by Crippen LogP contribution is -2.14. The number of nitrogens with one attached hydrogen (secondary N) is 1. The van der Waals surface area contributed by atoms with Crippen LogP contribution in [0.4, 0.5) is 5.69 Å². The zero-order chi connectivity index (χ0) is 15.4. The number of rotatable bonds is 3. The van der Waals surface area contributed by atoms with Gasteiger partial charge in [-0.05, 0) is 32.0 Å². The zero-order valence-electron chi connectivity index (χ0n) is 11.8. The second-order valence-electron chi connectivity index (χ2n) is 4.71. The Morgan fingerprint density at radius 3 is 2.57 bits per heavy atom. The first-order valence-electron chi connectivity index (χ1n) is 6.42. The third kappa shape index (κ3) is 3.20. The van der Waals surface area contributed by atoms with Crippen LogP contribution in [0.1, 0.15) is 28.4 Å². The van der Waals surface area contributed by atoms with Crippen molar-refractivity contribution >= 4 is 17.3 Å². The van der Waals surface area contributed by atoms with E-state index < -0.39 is 5.91 Å². The lowest BCUT2D eigenvalue weighted by molar-refractivity contribution is 0.102. The number of oxime groups is 1. The molecule has 2 aromatic rings. The third-order valence-electron chi connectivity index (χ3n) is 3.11. The van der Waals surface area contributed by atoms with Gasteiger partial charge in [0.2, 0.25) is 0 Å². The van der Waals surface area contributed by atoms with E-state index in [-0.39, 0.29) is 11.3 Å². The first-order chi connectivity index (χ1) is 10.0. The van der Waals surface area contributed by atoms with Crippen LogP contribution in [0.15, 0.2) is 47.6 Å². The van der Waals surface area contributed by atoms with Crippen molar-refractivity contribution in [3.8, 4) is 5.75 Å². The molecule has 0 heterocycles. The minimum absolute atomic E-state index is 0.0804. The summed E-state index contributed by atoms with van der Waals surface area (Å²) in [5.74, 6) is -0.502. The maximum Gasteiger partial charge on any atom is 0.259 e. The molecule has 0 spiro atoms. The fraction of sp³-hybridized carbons (Fsp3) is 0.125. The van der Waals surface area contributed by atoms with Gasteiger partial charge in [-0.2, -0.15) is 0 Å². The highest BCUT2D eigenvalue weighted by Crippen LogP contribution is 2.22. The molecule has 0 fully saturated rings. The van der Waals surface area contributed by atoms with Crippen molar-refractivity contribution in [3.63, 3.8) is 0 Å². The minimum atomic E-state index is -0.422. The molecule has 108 valence electrons. The number of carbonyl (C=O) groups excluding carboxylic acids is 1. The van der Waals surface area contributed by atoms with Crippen molar-refractivity contribution in [1.29, 1.82) is 0 Å². The molecule has 0 aliphatic rings. The van der Waals surface area contributed by atoms with Gasteiger partial charge in [-0.3, -0.25) is 4.79 Å². The highest BCUT2D eigenvalue weighted by Gasteiger charge is 2.14. The van der Waals surface area contributed by atoms with Crippen molar-refractivity contribution in [1.82, 2.24) is 0 Å². The summed E-state index contributed by atoms with van der Waals surface area (Å²) in [4.78, 5) is 12.3. The Morgan fingerprint density at radius 2 is 1.86 bits per heavy atom. The normalized spacial score (nSPS) is 11.2. The minimum Gasteiger partial charge on any atom is -0.507 e. The highest BCUT2D eigenvalue weighted by atomic mass is 16.4. The molecule has 0 unspecified atom stereocenters. The number of phenolic OH excluding ortho intramolecular Hbond substituents is 1. The molecule has 5 nitrogen and oxygen atoms in total. The van der Waals surface area contributed by atoms with E-state index in [9.17, 15) is 9.90 Å². The van der Waals surface area contributed by atoms with Crippen LogP contribution in [0, 0.1) is 6.92 Å². The predicted molar refractivity (Wildman–Crippen MR) is 81.2 cm³/mol. The molecule has 2 aromatic carbocycles. The van der Waals surface area contributed by atoms with Crippen LogP contribution in [0.25, 0.3) is 0 Å². The molecule has 0 saturated carbocycles. The number of phenols is 1. The maximum atomic E-state index is 12.3. The number of hydrogen-bond acceptors (Lipinski definition) is 4. The number of benzene rings is 2. The number of aromatic hydroxyl groups is 1. The molecular formula is C16H16N2O3. The molecule has 1 amide bonds. The lowest BCUT2D eigenvalue weighted by Gasteiger charge is -2.11. The van der Waals surface area contributed by atoms with E-state index in [1.807, 2.05) is 6.92 Å². The molecule has 0 aliphatic heterocycles. The molecule has 2 rings (SSSR count). The summed E-state index contributed by atoms with van der Waals surface area (Å²) >= 11 is 0. The molecule has 0 radical (unpaired) electrons. The molecule has 0 bridgehead atoms. The van der Waals surface area contributed by atoms with Crippen LogP contribution in [0.5, 0.6) is 5.75 Å². The number of para-hydroxylation sites is 1. The van der Waals surface area contributed by atoms with Gasteiger partial charge in [0.25, 0.3) is 5.91 Å². The van der Waals surface area contributed by atoms with Crippen LogP contribution in [0.2, 0.25) is 0 Å². The van der Waals surface area contributed by atoms with E-state index in [4.69, 9.17) is 5.21 Å². The predicted octanol–water partition coefficient (Wildman–Crippen LogP) is 3.15. The Balaban J connectivity index is 2.34. The van der Waals surface area contributed by atoms with E-state index in [1.54, 1.807) is 43.3 Å². The summed E-state index contributed by atoms with van der Waals surface area (Å²) in [6.45, 7) is 3.47. The Morgan fingerprint density at radius 1 is 1.14 bits per heavy atom. The van der Waals surface area contributed by atoms with Gasteiger partial charge >= 0.3 is 0 Å². The van der Waals surface area contributed by atoms with Gasteiger partial charge in [-0.25, -0.2) is 0 Å². The summed E-state index contributed by atoms with van der Waals surface area (Å²) in [6.07, 6.45) is 0. The molecule has 0 saturated heterocycles. The second-order valence-corrected chi connectivity index (χ2v) is 4.71. The molecule has 0 aromatic heterocycles. The highest BCUT2D eigenvalue weighted by molar-refractivity contribution is 6.11. The van der Waals surface area contributed by atoms with E-state index in [2.05, 4.69) is 10.5 Å². The van der Waals surface area contributed by atoms with Gasteiger partial charge in [0, 0.05) is 5.56 Å². The van der Waals surface area contributed by atoms with Crippen LogP contribution in [0.3, 0.4) is 0 Å². The fourth-order valence-corrected chi connectivity index (χ4v) is 1.98. The number of anilines is 1. The van der Waals surface area contributed by atoms with Crippen molar-refractivity contribution in [2.24, 2.45) is 5.16 Å². The Hall–Kier alpha value is -2.82. The summed E-state index contributed by atoms with van der Waals surface area (Å²) in [5.41, 5.74) is 2.58. The van der Waals surface area contributed by atoms with Crippen molar-refractivity contribution in [2.75, 3.05) is 5.32 Å². The summed E-state index contributed by atoms with van der Waals surface area (Å²) in [5, 5.41) is 24.5. The van der Waals surface area contributed by atoms with Crippen LogP contribution in [-0.2, 0) is 0 Å². The average Bonchev–Trinajstić information content (AvgIpc) is 2.49. The third-order valence-corrected chi connectivity index (χ3v) is 3.11. The smallest absolute Gasteiger partial charge is 0.259 e. The summed E-state index contributed by atoms with van der Waals surface area (Å²) < 4.78 is 0. The molecule has 0 aliphatic carbocycles. The van der Waals surface area contributed by atoms with E-state index in [0.29, 0.717) is 17.0 Å². The SMILES string of the molecule is C/C(=N\O)c1ccccc1NC(=O)c1cc(C)ccc1O. The molecule has 21 heavy (non-hydrogen) atoms. The van der Waals surface area contributed by atoms with E-state index in [0.717, 1.165) is 5.56 Å². The number of amides is 1. The Bertz CT molecular complexity index is 708. The molecule has 5 heteroatoms. The monoisotopic (exact) mass is 284 g/mol. The number of aryl methyl sites for hydroxylation is 1. The topological polar surface area (TPSA) is 81.9 Å². The Labute approximate surface area is 122 Å². The number of carbonyl (C=O) groups is 1. The van der Waals surface area contributed by atoms with Gasteiger partial charge in [0.05, 0.1) is 17.0 Å². The Kier molecular flexibility index (Phi) is 4.23. The van der Waals surface area contributed by atoms with Gasteiger partial charge in [-0.1, -0.05) is 35.0 Å². The van der Waals surface area contributed by atoms with Crippen LogP contribution in [-0.4, -0.2) is 21.9 Å². The summed E-state index contributed by atoms with van der Waals surface area (Å²) in [6, 6.07) is 11.8. The fourth-order valence-electron chi connectivity index (χ4n) is 1.98. The van der Waals surface area contributed by atoms with Crippen molar-refractivity contribution in [2.45, 2.75) is 13.8 Å². The van der Waals surface area contributed by atoms with Crippen LogP contribution >= 0.6 is 0 Å². The quantitative estimate of drug-likeness (QED) is 0.460. The van der Waals surface area contributed by atoms with E-state index in [1.165, 1.54) is 6.07 Å². The zero-order valence-corrected chi connectivity index (χ0v) is 11.8. The van der Waals surface area contributed by atoms with Crippen molar-refractivity contribution in [3.05, 3.63) is 59.2 Å². The number of nitrogens with zero attached hydrogens (tertiary/aromatic N) is 1. The van der Waals surface area contributed by atoms with Gasteiger partial charge in [-0.15, -0.1) is 0 Å². The van der Waals surface area contributed by atoms with E-state index >= 15 is 0 Å². The first-order valence-corrected chi connectivity index (χ1v) is 6.42. The first kappa shape index (κ1) is 14.6. The van der Waals surface area contributed by atoms with Gasteiger partial charge in [0.1, 0.15) is 5.75 Å². The number of hydrogen-bond donors (Lipinski definition) is 3. The molecule has 0 atom stereocenters. The van der Waals surface area contributed by atoms with Crippen molar-refractivity contribution < 1.29 is 15.1 Å². The molecule has 3 N–H and O–H groups in total. The largest absolute Gasteiger partial charge is 0.507 e. The average molecular weight is 284 g/mol. The second kappa shape index (κ2) is 6.09. The summed E-state index contributed by atoms with van der Waals surface area (Å²) in [7, 11) is 0. The van der Waals surface area contributed by atoms with Gasteiger partial charge in [0.15, 0.2) is 0 Å². The van der Waals surface area contributed by atoms with Gasteiger partial charge < -0.3 is 15.6 Å². The maximum absolute atomic E-state index is 12.3.